The minimum Gasteiger partial charge on any atom is -0.390 e. The van der Waals surface area contributed by atoms with Gasteiger partial charge in [-0.3, -0.25) is 0 Å². The Morgan fingerprint density at radius 1 is 1.53 bits per heavy atom. The molecule has 0 aromatic rings. The number of aliphatic hydroxyl groups is 1. The number of hydrogen-bond donors (Lipinski definition) is 2. The molecule has 1 aliphatic carbocycles. The number of ether oxygens (including phenoxy) is 1. The number of nitrogens with zero attached hydrogens (tertiary/aromatic N) is 1. The highest BCUT2D eigenvalue weighted by Crippen LogP contribution is 2.23. The Morgan fingerprint density at radius 3 is 2.80 bits per heavy atom. The van der Waals surface area contributed by atoms with Crippen molar-refractivity contribution in [2.24, 2.45) is 0 Å². The first-order valence-electron chi connectivity index (χ1n) is 5.82. The Labute approximate surface area is 92.6 Å². The van der Waals surface area contributed by atoms with Crippen molar-refractivity contribution in [3.63, 3.8) is 0 Å². The zero-order chi connectivity index (χ0) is 11.1. The Kier molecular flexibility index (Phi) is 6.17. The predicted molar refractivity (Wildman–Crippen MR) is 61.0 cm³/mol. The molecule has 4 heteroatoms. The summed E-state index contributed by atoms with van der Waals surface area (Å²) in [6, 6.07) is 0.707. The smallest absolute Gasteiger partial charge is 0.0791 e. The number of likely N-dealkylation sites (N-methyl/N-ethyl adjacent to an activating group) is 1. The van der Waals surface area contributed by atoms with Gasteiger partial charge in [-0.2, -0.15) is 0 Å². The molecule has 0 saturated heterocycles. The molecule has 0 spiro atoms. The van der Waals surface area contributed by atoms with Crippen LogP contribution in [0.3, 0.4) is 0 Å². The molecule has 0 amide bonds. The van der Waals surface area contributed by atoms with Crippen molar-refractivity contribution in [1.29, 1.82) is 0 Å². The van der Waals surface area contributed by atoms with Crippen molar-refractivity contribution in [1.82, 2.24) is 10.2 Å². The van der Waals surface area contributed by atoms with Crippen LogP contribution in [-0.2, 0) is 4.74 Å². The Bertz CT molecular complexity index is 163. The molecule has 0 radical (unpaired) electrons. The zero-order valence-electron chi connectivity index (χ0n) is 9.91. The summed E-state index contributed by atoms with van der Waals surface area (Å²) in [4.78, 5) is 2.27. The van der Waals surface area contributed by atoms with E-state index < -0.39 is 0 Å². The van der Waals surface area contributed by atoms with Crippen molar-refractivity contribution in [2.75, 3.05) is 40.4 Å². The second kappa shape index (κ2) is 7.17. The van der Waals surface area contributed by atoms with E-state index in [0.717, 1.165) is 13.1 Å². The molecule has 4 nitrogen and oxygen atoms in total. The fourth-order valence-electron chi connectivity index (χ4n) is 1.82. The van der Waals surface area contributed by atoms with Crippen LogP contribution in [0.25, 0.3) is 0 Å². The van der Waals surface area contributed by atoms with E-state index >= 15 is 0 Å². The molecule has 1 unspecified atom stereocenters. The lowest BCUT2D eigenvalue weighted by Crippen LogP contribution is -2.44. The molecule has 1 atom stereocenters. The van der Waals surface area contributed by atoms with E-state index in [1.165, 1.54) is 19.3 Å². The van der Waals surface area contributed by atoms with Gasteiger partial charge in [-0.05, 0) is 19.9 Å². The molecule has 0 aromatic carbocycles. The monoisotopic (exact) mass is 216 g/mol. The predicted octanol–water partition coefficient (Wildman–Crippen LogP) is 0.0676. The minimum atomic E-state index is -0.271. The second-order valence-electron chi connectivity index (χ2n) is 4.38. The lowest BCUT2D eigenvalue weighted by Gasteiger charge is -2.35. The van der Waals surface area contributed by atoms with Gasteiger partial charge in [0.25, 0.3) is 0 Å². The summed E-state index contributed by atoms with van der Waals surface area (Å²) in [5.41, 5.74) is 0. The summed E-state index contributed by atoms with van der Waals surface area (Å²) >= 11 is 0. The first kappa shape index (κ1) is 12.9. The van der Waals surface area contributed by atoms with Crippen LogP contribution in [0.2, 0.25) is 0 Å². The van der Waals surface area contributed by atoms with E-state index in [0.29, 0.717) is 19.2 Å². The highest BCUT2D eigenvalue weighted by molar-refractivity contribution is 4.79. The summed E-state index contributed by atoms with van der Waals surface area (Å²) < 4.78 is 4.91. The zero-order valence-corrected chi connectivity index (χ0v) is 9.91. The lowest BCUT2D eigenvalue weighted by molar-refractivity contribution is 0.0761. The summed E-state index contributed by atoms with van der Waals surface area (Å²) in [6.07, 6.45) is 3.66. The van der Waals surface area contributed by atoms with Gasteiger partial charge in [0, 0.05) is 32.8 Å². The number of aliphatic hydroxyl groups excluding tert-OH is 1. The molecule has 1 fully saturated rings. The third kappa shape index (κ3) is 4.93. The largest absolute Gasteiger partial charge is 0.390 e. The maximum absolute atomic E-state index is 9.74. The van der Waals surface area contributed by atoms with Crippen LogP contribution in [0.5, 0.6) is 0 Å². The molecule has 90 valence electrons. The number of hydrogen-bond acceptors (Lipinski definition) is 4. The summed E-state index contributed by atoms with van der Waals surface area (Å²) in [5.74, 6) is 0. The van der Waals surface area contributed by atoms with Crippen molar-refractivity contribution in [2.45, 2.75) is 31.4 Å². The first-order chi connectivity index (χ1) is 7.24. The highest BCUT2D eigenvalue weighted by Gasteiger charge is 2.23. The van der Waals surface area contributed by atoms with Crippen LogP contribution in [0.15, 0.2) is 0 Å². The standard InChI is InChI=1S/C11H24N2O2/c1-13(10-4-3-5-10)9-11(14)8-12-6-7-15-2/h10-12,14H,3-9H2,1-2H3. The van der Waals surface area contributed by atoms with Crippen LogP contribution in [0.4, 0.5) is 0 Å². The number of rotatable bonds is 8. The van der Waals surface area contributed by atoms with Crippen LogP contribution in [-0.4, -0.2) is 62.6 Å². The third-order valence-corrected chi connectivity index (χ3v) is 3.06. The Balaban J connectivity index is 1.98. The van der Waals surface area contributed by atoms with Gasteiger partial charge in [-0.15, -0.1) is 0 Å². The lowest BCUT2D eigenvalue weighted by atomic mass is 9.92. The van der Waals surface area contributed by atoms with Crippen molar-refractivity contribution in [3.05, 3.63) is 0 Å². The van der Waals surface area contributed by atoms with E-state index in [4.69, 9.17) is 4.74 Å². The van der Waals surface area contributed by atoms with Gasteiger partial charge in [0.2, 0.25) is 0 Å². The molecule has 1 saturated carbocycles. The molecule has 2 N–H and O–H groups in total. The normalized spacial score (nSPS) is 19.2. The quantitative estimate of drug-likeness (QED) is 0.564. The minimum absolute atomic E-state index is 0.271. The van der Waals surface area contributed by atoms with Crippen LogP contribution in [0.1, 0.15) is 19.3 Å². The van der Waals surface area contributed by atoms with E-state index in [1.807, 2.05) is 0 Å². The molecule has 15 heavy (non-hydrogen) atoms. The molecule has 0 bridgehead atoms. The number of nitrogens with one attached hydrogen (secondary N) is 1. The Hall–Kier alpha value is -0.160. The Morgan fingerprint density at radius 2 is 2.27 bits per heavy atom. The summed E-state index contributed by atoms with van der Waals surface area (Å²) in [5, 5.41) is 12.9. The molecule has 1 rings (SSSR count). The fraction of sp³-hybridized carbons (Fsp3) is 1.00. The van der Waals surface area contributed by atoms with Gasteiger partial charge >= 0.3 is 0 Å². The molecule has 0 heterocycles. The molecule has 0 aliphatic heterocycles. The SMILES string of the molecule is COCCNCC(O)CN(C)C1CCC1. The maximum Gasteiger partial charge on any atom is 0.0791 e. The van der Waals surface area contributed by atoms with Gasteiger partial charge < -0.3 is 20.1 Å². The second-order valence-corrected chi connectivity index (χ2v) is 4.38. The summed E-state index contributed by atoms with van der Waals surface area (Å²) in [7, 11) is 3.78. The van der Waals surface area contributed by atoms with Gasteiger partial charge in [0.1, 0.15) is 0 Å². The fourth-order valence-corrected chi connectivity index (χ4v) is 1.82. The highest BCUT2D eigenvalue weighted by atomic mass is 16.5. The molecule has 1 aliphatic rings. The van der Waals surface area contributed by atoms with Gasteiger partial charge in [-0.1, -0.05) is 6.42 Å². The molecular formula is C11H24N2O2. The molecule has 0 aromatic heterocycles. The van der Waals surface area contributed by atoms with Gasteiger partial charge in [0.15, 0.2) is 0 Å². The van der Waals surface area contributed by atoms with Gasteiger partial charge in [0.05, 0.1) is 12.7 Å². The van der Waals surface area contributed by atoms with E-state index in [1.54, 1.807) is 7.11 Å². The van der Waals surface area contributed by atoms with Crippen molar-refractivity contribution < 1.29 is 9.84 Å². The van der Waals surface area contributed by atoms with Crippen LogP contribution < -0.4 is 5.32 Å². The number of methoxy groups -OCH3 is 1. The van der Waals surface area contributed by atoms with Crippen LogP contribution >= 0.6 is 0 Å². The third-order valence-electron chi connectivity index (χ3n) is 3.06. The van der Waals surface area contributed by atoms with E-state index in [2.05, 4.69) is 17.3 Å². The van der Waals surface area contributed by atoms with E-state index in [-0.39, 0.29) is 6.10 Å². The average Bonchev–Trinajstić information content (AvgIpc) is 2.09. The maximum atomic E-state index is 9.74. The topological polar surface area (TPSA) is 44.7 Å². The van der Waals surface area contributed by atoms with Gasteiger partial charge in [-0.25, -0.2) is 0 Å². The first-order valence-corrected chi connectivity index (χ1v) is 5.82. The summed E-state index contributed by atoms with van der Waals surface area (Å²) in [6.45, 7) is 2.93. The van der Waals surface area contributed by atoms with Crippen molar-refractivity contribution >= 4 is 0 Å². The van der Waals surface area contributed by atoms with Crippen molar-refractivity contribution in [3.8, 4) is 0 Å². The van der Waals surface area contributed by atoms with E-state index in [9.17, 15) is 5.11 Å². The van der Waals surface area contributed by atoms with Crippen LogP contribution in [0, 0.1) is 0 Å². The average molecular weight is 216 g/mol. The molecular weight excluding hydrogens is 192 g/mol.